The van der Waals surface area contributed by atoms with Gasteiger partial charge in [0.15, 0.2) is 17.0 Å². The van der Waals surface area contributed by atoms with E-state index in [2.05, 4.69) is 33.9 Å². The van der Waals surface area contributed by atoms with Gasteiger partial charge in [0.05, 0.1) is 11.4 Å². The maximum atomic E-state index is 15.2. The van der Waals surface area contributed by atoms with Crippen molar-refractivity contribution in [3.05, 3.63) is 17.9 Å². The fourth-order valence-corrected chi connectivity index (χ4v) is 3.52. The van der Waals surface area contributed by atoms with Gasteiger partial charge in [-0.15, -0.1) is 0 Å². The zero-order valence-electron chi connectivity index (χ0n) is 15.8. The summed E-state index contributed by atoms with van der Waals surface area (Å²) in [5, 5.41) is 5.08. The highest BCUT2D eigenvalue weighted by molar-refractivity contribution is 6.00. The van der Waals surface area contributed by atoms with Crippen molar-refractivity contribution in [3.63, 3.8) is 0 Å². The molecule has 0 aliphatic carbocycles. The van der Waals surface area contributed by atoms with Crippen molar-refractivity contribution in [2.45, 2.75) is 33.2 Å². The van der Waals surface area contributed by atoms with E-state index in [-0.39, 0.29) is 40.5 Å². The van der Waals surface area contributed by atoms with Gasteiger partial charge in [0.1, 0.15) is 17.0 Å². The first-order valence-corrected chi connectivity index (χ1v) is 8.92. The molecule has 28 heavy (non-hydrogen) atoms. The van der Waals surface area contributed by atoms with Crippen LogP contribution in [-0.2, 0) is 0 Å². The number of hydrogen-bond acceptors (Lipinski definition) is 8. The number of oxazole rings is 1. The molecule has 0 saturated heterocycles. The van der Waals surface area contributed by atoms with Crippen molar-refractivity contribution < 1.29 is 8.81 Å². The molecule has 0 spiro atoms. The molecule has 3 aromatic heterocycles. The fraction of sp³-hybridized carbons (Fsp3) is 0.333. The number of hydrogen-bond donors (Lipinski definition) is 3. The molecule has 4 aromatic rings. The summed E-state index contributed by atoms with van der Waals surface area (Å²) >= 11 is 0. The van der Waals surface area contributed by atoms with Gasteiger partial charge < -0.3 is 21.6 Å². The second-order valence-corrected chi connectivity index (χ2v) is 7.26. The van der Waals surface area contributed by atoms with Crippen LogP contribution in [0.2, 0.25) is 0 Å². The molecule has 0 fully saturated rings. The van der Waals surface area contributed by atoms with E-state index in [0.29, 0.717) is 22.6 Å². The Morgan fingerprint density at radius 3 is 2.57 bits per heavy atom. The van der Waals surface area contributed by atoms with Gasteiger partial charge >= 0.3 is 0 Å². The van der Waals surface area contributed by atoms with E-state index in [1.54, 1.807) is 16.8 Å². The summed E-state index contributed by atoms with van der Waals surface area (Å²) < 4.78 is 22.1. The molecule has 9 nitrogen and oxygen atoms in total. The van der Waals surface area contributed by atoms with E-state index < -0.39 is 5.82 Å². The maximum absolute atomic E-state index is 15.2. The van der Waals surface area contributed by atoms with E-state index >= 15 is 4.39 Å². The van der Waals surface area contributed by atoms with Crippen LogP contribution in [0.3, 0.4) is 0 Å². The predicted octanol–water partition coefficient (Wildman–Crippen LogP) is 3.13. The predicted molar refractivity (Wildman–Crippen MR) is 106 cm³/mol. The Bertz CT molecular complexity index is 1200. The molecule has 4 rings (SSSR count). The normalized spacial score (nSPS) is 13.0. The molecule has 0 amide bonds. The SMILES string of the molecule is CC(C)C[C@H](C)n1nc(-c2ccc3oc(N)nc3c2F)c2c(N)nc(N)nc21. The van der Waals surface area contributed by atoms with E-state index in [0.717, 1.165) is 6.42 Å². The first-order chi connectivity index (χ1) is 13.3. The van der Waals surface area contributed by atoms with Gasteiger partial charge in [-0.1, -0.05) is 13.8 Å². The average Bonchev–Trinajstić information content (AvgIpc) is 3.15. The van der Waals surface area contributed by atoms with Crippen LogP contribution >= 0.6 is 0 Å². The Morgan fingerprint density at radius 1 is 1.11 bits per heavy atom. The van der Waals surface area contributed by atoms with Crippen molar-refractivity contribution in [3.8, 4) is 11.3 Å². The molecule has 0 radical (unpaired) electrons. The van der Waals surface area contributed by atoms with Crippen LogP contribution in [0.4, 0.5) is 22.2 Å². The van der Waals surface area contributed by atoms with Gasteiger partial charge in [-0.25, -0.2) is 9.07 Å². The molecular weight excluding hydrogens is 363 g/mol. The topological polar surface area (TPSA) is 148 Å². The summed E-state index contributed by atoms with van der Waals surface area (Å²) in [6.07, 6.45) is 0.849. The van der Waals surface area contributed by atoms with Crippen LogP contribution in [0.15, 0.2) is 16.5 Å². The Balaban J connectivity index is 2.01. The van der Waals surface area contributed by atoms with Crippen LogP contribution in [0, 0.1) is 11.7 Å². The summed E-state index contributed by atoms with van der Waals surface area (Å²) in [4.78, 5) is 12.3. The molecule has 0 saturated carbocycles. The molecule has 0 bridgehead atoms. The molecule has 3 heterocycles. The van der Waals surface area contributed by atoms with E-state index in [1.807, 2.05) is 6.92 Å². The van der Waals surface area contributed by atoms with Gasteiger partial charge in [-0.3, -0.25) is 0 Å². The third kappa shape index (κ3) is 2.77. The maximum Gasteiger partial charge on any atom is 0.293 e. The van der Waals surface area contributed by atoms with Crippen LogP contribution < -0.4 is 17.2 Å². The van der Waals surface area contributed by atoms with Gasteiger partial charge in [0.25, 0.3) is 6.01 Å². The van der Waals surface area contributed by atoms with Crippen LogP contribution in [-0.4, -0.2) is 24.7 Å². The fourth-order valence-electron chi connectivity index (χ4n) is 3.52. The van der Waals surface area contributed by atoms with Gasteiger partial charge in [-0.05, 0) is 31.4 Å². The lowest BCUT2D eigenvalue weighted by molar-refractivity contribution is 0.406. The Labute approximate surface area is 159 Å². The quantitative estimate of drug-likeness (QED) is 0.486. The minimum Gasteiger partial charge on any atom is -0.424 e. The van der Waals surface area contributed by atoms with E-state index in [4.69, 9.17) is 21.6 Å². The number of rotatable bonds is 4. The summed E-state index contributed by atoms with van der Waals surface area (Å²) in [7, 11) is 0. The van der Waals surface area contributed by atoms with Crippen molar-refractivity contribution in [1.82, 2.24) is 24.7 Å². The van der Waals surface area contributed by atoms with Gasteiger partial charge in [0, 0.05) is 5.56 Å². The third-order valence-electron chi connectivity index (χ3n) is 4.60. The lowest BCUT2D eigenvalue weighted by Crippen LogP contribution is -2.11. The van der Waals surface area contributed by atoms with Crippen LogP contribution in [0.5, 0.6) is 0 Å². The molecule has 10 heteroatoms. The molecule has 0 unspecified atom stereocenters. The number of aromatic nitrogens is 5. The first-order valence-electron chi connectivity index (χ1n) is 8.92. The van der Waals surface area contributed by atoms with Gasteiger partial charge in [-0.2, -0.15) is 20.1 Å². The summed E-state index contributed by atoms with van der Waals surface area (Å²) in [6, 6.07) is 3.03. The standard InChI is InChI=1S/C18H21FN8O/c1-7(2)6-8(3)27-16-11(15(20)24-17(21)25-16)13(26-27)9-4-5-10-14(12(9)19)23-18(22)28-10/h4-5,7-8H,6H2,1-3H3,(H2,22,23)(H4,20,21,24,25)/t8-/m0/s1. The van der Waals surface area contributed by atoms with Crippen molar-refractivity contribution in [1.29, 1.82) is 0 Å². The minimum absolute atomic E-state index is 0.000521. The summed E-state index contributed by atoms with van der Waals surface area (Å²) in [6.45, 7) is 6.25. The molecule has 146 valence electrons. The Hall–Kier alpha value is -3.43. The number of nitrogens with two attached hydrogens (primary N) is 3. The number of halogens is 1. The van der Waals surface area contributed by atoms with Crippen molar-refractivity contribution >= 4 is 39.9 Å². The van der Waals surface area contributed by atoms with Crippen LogP contribution in [0.1, 0.15) is 33.2 Å². The lowest BCUT2D eigenvalue weighted by Gasteiger charge is -2.15. The third-order valence-corrected chi connectivity index (χ3v) is 4.60. The highest BCUT2D eigenvalue weighted by Crippen LogP contribution is 2.36. The number of fused-ring (bicyclic) bond motifs is 2. The second kappa shape index (κ2) is 6.32. The molecule has 1 aromatic carbocycles. The first kappa shape index (κ1) is 18.0. The Morgan fingerprint density at radius 2 is 1.86 bits per heavy atom. The smallest absolute Gasteiger partial charge is 0.293 e. The molecule has 0 aliphatic rings. The number of benzene rings is 1. The highest BCUT2D eigenvalue weighted by Gasteiger charge is 2.25. The number of nitrogen functional groups attached to an aromatic ring is 3. The molecular formula is C18H21FN8O. The summed E-state index contributed by atoms with van der Waals surface area (Å²) in [5.74, 6) is 0.00645. The average molecular weight is 384 g/mol. The molecule has 0 aliphatic heterocycles. The summed E-state index contributed by atoms with van der Waals surface area (Å²) in [5.41, 5.74) is 18.7. The van der Waals surface area contributed by atoms with E-state index in [9.17, 15) is 0 Å². The number of anilines is 3. The minimum atomic E-state index is -0.600. The highest BCUT2D eigenvalue weighted by atomic mass is 19.1. The molecule has 1 atom stereocenters. The molecule has 6 N–H and O–H groups in total. The lowest BCUT2D eigenvalue weighted by atomic mass is 10.1. The Kier molecular flexibility index (Phi) is 4.06. The van der Waals surface area contributed by atoms with Crippen molar-refractivity contribution in [2.75, 3.05) is 17.2 Å². The zero-order valence-corrected chi connectivity index (χ0v) is 15.8. The monoisotopic (exact) mass is 384 g/mol. The zero-order chi connectivity index (χ0) is 20.2. The van der Waals surface area contributed by atoms with Crippen LogP contribution in [0.25, 0.3) is 33.4 Å². The largest absolute Gasteiger partial charge is 0.424 e. The number of nitrogens with zero attached hydrogens (tertiary/aromatic N) is 5. The second-order valence-electron chi connectivity index (χ2n) is 7.26. The van der Waals surface area contributed by atoms with Gasteiger partial charge in [0.2, 0.25) is 5.95 Å². The van der Waals surface area contributed by atoms with E-state index in [1.165, 1.54) is 0 Å². The van der Waals surface area contributed by atoms with Crippen molar-refractivity contribution in [2.24, 2.45) is 5.92 Å².